The molecule has 6 heteroatoms. The lowest BCUT2D eigenvalue weighted by Gasteiger charge is -2.57. The molecule has 2 aliphatic heterocycles. The van der Waals surface area contributed by atoms with E-state index in [2.05, 4.69) is 20.4 Å². The molecule has 2 amide bonds. The molecule has 6 rings (SSSR count). The van der Waals surface area contributed by atoms with Crippen molar-refractivity contribution in [1.82, 2.24) is 20.4 Å². The zero-order valence-corrected chi connectivity index (χ0v) is 19.1. The summed E-state index contributed by atoms with van der Waals surface area (Å²) in [6.07, 6.45) is 10.1. The number of hydrogen-bond acceptors (Lipinski definition) is 4. The number of likely N-dealkylation sites (tertiary alicyclic amines) is 1. The molecule has 0 spiro atoms. The highest BCUT2D eigenvalue weighted by atomic mass is 16.2. The monoisotopic (exact) mass is 416 g/mol. The van der Waals surface area contributed by atoms with Gasteiger partial charge in [0.05, 0.1) is 13.1 Å². The van der Waals surface area contributed by atoms with E-state index >= 15 is 0 Å². The Morgan fingerprint density at radius 1 is 0.867 bits per heavy atom. The zero-order chi connectivity index (χ0) is 21.1. The highest BCUT2D eigenvalue weighted by molar-refractivity contribution is 5.79. The summed E-state index contributed by atoms with van der Waals surface area (Å²) in [5.41, 5.74) is -0.0784. The van der Waals surface area contributed by atoms with Gasteiger partial charge >= 0.3 is 0 Å². The number of nitrogens with one attached hydrogen (secondary N) is 2. The molecule has 0 aromatic heterocycles. The lowest BCUT2D eigenvalue weighted by molar-refractivity contribution is -0.130. The number of carbonyl (C=O) groups is 2. The van der Waals surface area contributed by atoms with E-state index in [1.165, 1.54) is 38.5 Å². The molecule has 2 atom stereocenters. The second-order valence-electron chi connectivity index (χ2n) is 12.3. The molecule has 6 fully saturated rings. The Hall–Kier alpha value is -1.14. The van der Waals surface area contributed by atoms with Crippen LogP contribution in [-0.2, 0) is 9.59 Å². The largest absolute Gasteiger partial charge is 0.350 e. The molecule has 0 radical (unpaired) electrons. The number of hydrogen-bond donors (Lipinski definition) is 2. The van der Waals surface area contributed by atoms with Crippen LogP contribution < -0.4 is 10.6 Å². The third kappa shape index (κ3) is 4.27. The minimum atomic E-state index is -0.187. The molecule has 2 N–H and O–H groups in total. The van der Waals surface area contributed by atoms with Crippen molar-refractivity contribution in [3.8, 4) is 0 Å². The minimum absolute atomic E-state index is 0.109. The lowest BCUT2D eigenvalue weighted by Crippen LogP contribution is -2.62. The van der Waals surface area contributed by atoms with Gasteiger partial charge in [-0.2, -0.15) is 0 Å². The van der Waals surface area contributed by atoms with Crippen LogP contribution in [0.15, 0.2) is 0 Å². The zero-order valence-electron chi connectivity index (χ0n) is 19.1. The highest BCUT2D eigenvalue weighted by Gasteiger charge is 2.51. The average molecular weight is 417 g/mol. The van der Waals surface area contributed by atoms with E-state index in [0.29, 0.717) is 25.2 Å². The van der Waals surface area contributed by atoms with Gasteiger partial charge in [-0.1, -0.05) is 0 Å². The lowest BCUT2D eigenvalue weighted by atomic mass is 9.53. The van der Waals surface area contributed by atoms with Crippen molar-refractivity contribution in [2.45, 2.75) is 95.3 Å². The Morgan fingerprint density at radius 3 is 1.90 bits per heavy atom. The van der Waals surface area contributed by atoms with Gasteiger partial charge in [-0.15, -0.1) is 0 Å². The van der Waals surface area contributed by atoms with Gasteiger partial charge in [0.2, 0.25) is 11.8 Å². The first-order chi connectivity index (χ1) is 14.2. The Morgan fingerprint density at radius 2 is 1.40 bits per heavy atom. The van der Waals surface area contributed by atoms with E-state index in [-0.39, 0.29) is 22.9 Å². The van der Waals surface area contributed by atoms with E-state index < -0.39 is 0 Å². The van der Waals surface area contributed by atoms with Crippen molar-refractivity contribution >= 4 is 11.8 Å². The Bertz CT molecular complexity index is 651. The van der Waals surface area contributed by atoms with Crippen LogP contribution in [0.2, 0.25) is 0 Å². The quantitative estimate of drug-likeness (QED) is 0.721. The van der Waals surface area contributed by atoms with E-state index in [9.17, 15) is 9.59 Å². The van der Waals surface area contributed by atoms with Crippen molar-refractivity contribution < 1.29 is 9.59 Å². The third-order valence-electron chi connectivity index (χ3n) is 8.36. The fourth-order valence-electron chi connectivity index (χ4n) is 7.89. The molecule has 4 saturated carbocycles. The Labute approximate surface area is 181 Å². The second-order valence-corrected chi connectivity index (χ2v) is 12.3. The van der Waals surface area contributed by atoms with Crippen LogP contribution in [0.25, 0.3) is 0 Å². The fourth-order valence-corrected chi connectivity index (χ4v) is 7.89. The molecule has 2 saturated heterocycles. The van der Waals surface area contributed by atoms with Crippen molar-refractivity contribution in [2.24, 2.45) is 17.8 Å². The van der Waals surface area contributed by atoms with Crippen molar-refractivity contribution in [3.05, 3.63) is 0 Å². The van der Waals surface area contributed by atoms with Gasteiger partial charge in [0.25, 0.3) is 0 Å². The van der Waals surface area contributed by atoms with E-state index in [1.54, 1.807) is 0 Å². The van der Waals surface area contributed by atoms with E-state index in [1.807, 2.05) is 20.8 Å². The summed E-state index contributed by atoms with van der Waals surface area (Å²) in [5.74, 6) is 2.92. The van der Waals surface area contributed by atoms with Crippen molar-refractivity contribution in [2.75, 3.05) is 26.2 Å². The first kappa shape index (κ1) is 20.7. The predicted molar refractivity (Wildman–Crippen MR) is 117 cm³/mol. The van der Waals surface area contributed by atoms with Crippen LogP contribution >= 0.6 is 0 Å². The summed E-state index contributed by atoms with van der Waals surface area (Å²) >= 11 is 0. The number of rotatable bonds is 5. The number of nitrogens with zero attached hydrogens (tertiary/aromatic N) is 2. The number of piperazine rings is 1. The maximum atomic E-state index is 13.0. The summed E-state index contributed by atoms with van der Waals surface area (Å²) in [7, 11) is 0. The number of carbonyl (C=O) groups excluding carboxylic acids is 2. The highest BCUT2D eigenvalue weighted by Crippen LogP contribution is 2.55. The maximum absolute atomic E-state index is 13.0. The average Bonchev–Trinajstić information content (AvgIpc) is 2.81. The van der Waals surface area contributed by atoms with Crippen LogP contribution in [0.5, 0.6) is 0 Å². The molecule has 0 aromatic rings. The Kier molecular flexibility index (Phi) is 5.17. The maximum Gasteiger partial charge on any atom is 0.234 e. The van der Waals surface area contributed by atoms with Crippen LogP contribution in [0.4, 0.5) is 0 Å². The molecule has 6 aliphatic rings. The first-order valence-electron chi connectivity index (χ1n) is 12.3. The summed E-state index contributed by atoms with van der Waals surface area (Å²) < 4.78 is 0. The van der Waals surface area contributed by atoms with E-state index in [4.69, 9.17) is 0 Å². The standard InChI is InChI=1S/C24H40N4O2/c1-23(2,3)25-22(30)15-28-19-4-5-20(28)13-27(12-19)14-21(29)26-24-9-16-6-17(10-24)8-18(7-16)11-24/h16-20H,4-15H2,1-3H3,(H,25,30)(H,26,29). The van der Waals surface area contributed by atoms with Gasteiger partial charge in [-0.25, -0.2) is 0 Å². The molecule has 30 heavy (non-hydrogen) atoms. The van der Waals surface area contributed by atoms with Gasteiger partial charge in [-0.3, -0.25) is 19.4 Å². The number of amides is 2. The topological polar surface area (TPSA) is 64.7 Å². The van der Waals surface area contributed by atoms with Crippen LogP contribution in [-0.4, -0.2) is 71.0 Å². The van der Waals surface area contributed by atoms with Crippen LogP contribution in [0.1, 0.15) is 72.1 Å². The van der Waals surface area contributed by atoms with Gasteiger partial charge in [-0.05, 0) is 89.9 Å². The molecule has 4 aliphatic carbocycles. The van der Waals surface area contributed by atoms with Crippen molar-refractivity contribution in [1.29, 1.82) is 0 Å². The second kappa shape index (κ2) is 7.47. The molecule has 6 nitrogen and oxygen atoms in total. The van der Waals surface area contributed by atoms with Crippen LogP contribution in [0, 0.1) is 17.8 Å². The SMILES string of the molecule is CC(C)(C)NC(=O)CN1C2CCC1CN(CC(=O)NC13CC4CC(CC(C4)C1)C3)C2. The van der Waals surface area contributed by atoms with Gasteiger partial charge in [0.1, 0.15) is 0 Å². The van der Waals surface area contributed by atoms with Gasteiger partial charge in [0.15, 0.2) is 0 Å². The first-order valence-corrected chi connectivity index (χ1v) is 12.3. The third-order valence-corrected chi connectivity index (χ3v) is 8.36. The van der Waals surface area contributed by atoms with Crippen LogP contribution in [0.3, 0.4) is 0 Å². The van der Waals surface area contributed by atoms with Gasteiger partial charge in [0, 0.05) is 36.3 Å². The summed E-state index contributed by atoms with van der Waals surface area (Å²) in [5, 5.41) is 6.63. The summed E-state index contributed by atoms with van der Waals surface area (Å²) in [4.78, 5) is 30.2. The van der Waals surface area contributed by atoms with Gasteiger partial charge < -0.3 is 10.6 Å². The van der Waals surface area contributed by atoms with E-state index in [0.717, 1.165) is 43.7 Å². The number of fused-ring (bicyclic) bond motifs is 2. The summed E-state index contributed by atoms with van der Waals surface area (Å²) in [6.45, 7) is 8.91. The minimum Gasteiger partial charge on any atom is -0.350 e. The predicted octanol–water partition coefficient (Wildman–Crippen LogP) is 2.13. The molecule has 0 aromatic carbocycles. The summed E-state index contributed by atoms with van der Waals surface area (Å²) in [6, 6.07) is 0.809. The Balaban J connectivity index is 1.14. The normalized spacial score (nSPS) is 40.6. The molecule has 2 unspecified atom stereocenters. The molecule has 168 valence electrons. The molecular weight excluding hydrogens is 376 g/mol. The molecular formula is C24H40N4O2. The fraction of sp³-hybridized carbons (Fsp3) is 0.917. The smallest absolute Gasteiger partial charge is 0.234 e. The van der Waals surface area contributed by atoms with Crippen molar-refractivity contribution in [3.63, 3.8) is 0 Å². The molecule has 2 heterocycles. The molecule has 6 bridgehead atoms.